The number of piperidine rings is 2. The molecule has 6 nitrogen and oxygen atoms in total. The Kier molecular flexibility index (Phi) is 6.31. The van der Waals surface area contributed by atoms with E-state index in [2.05, 4.69) is 40.3 Å². The van der Waals surface area contributed by atoms with Crippen molar-refractivity contribution in [3.63, 3.8) is 0 Å². The smallest absolute Gasteiger partial charge is 0.272 e. The Morgan fingerprint density at radius 1 is 1.03 bits per heavy atom. The number of nitrogens with zero attached hydrogens (tertiary/aromatic N) is 4. The van der Waals surface area contributed by atoms with Gasteiger partial charge in [-0.05, 0) is 44.2 Å². The first-order valence-corrected chi connectivity index (χ1v) is 10.8. The molecule has 1 aromatic carbocycles. The minimum absolute atomic E-state index is 0.0840. The zero-order chi connectivity index (χ0) is 20.2. The van der Waals surface area contributed by atoms with E-state index in [1.807, 2.05) is 24.9 Å². The van der Waals surface area contributed by atoms with Crippen LogP contribution in [-0.4, -0.2) is 63.9 Å². The first kappa shape index (κ1) is 20.1. The van der Waals surface area contributed by atoms with Crippen molar-refractivity contribution in [2.75, 3.05) is 26.2 Å². The molecule has 0 unspecified atom stereocenters. The lowest BCUT2D eigenvalue weighted by molar-refractivity contribution is -0.0629. The predicted molar refractivity (Wildman–Crippen MR) is 113 cm³/mol. The maximum Gasteiger partial charge on any atom is 0.272 e. The van der Waals surface area contributed by atoms with Gasteiger partial charge in [-0.25, -0.2) is 0 Å². The molecule has 29 heavy (non-hydrogen) atoms. The molecule has 2 aromatic rings. The van der Waals surface area contributed by atoms with Gasteiger partial charge in [0.05, 0.1) is 17.9 Å². The number of likely N-dealkylation sites (tertiary alicyclic amines) is 2. The van der Waals surface area contributed by atoms with E-state index in [1.54, 1.807) is 4.68 Å². The summed E-state index contributed by atoms with van der Waals surface area (Å²) in [4.78, 5) is 17.2. The van der Waals surface area contributed by atoms with Crippen LogP contribution in [0.1, 0.15) is 47.4 Å². The topological polar surface area (TPSA) is 50.6 Å². The van der Waals surface area contributed by atoms with Crippen LogP contribution in [-0.2, 0) is 18.3 Å². The molecule has 0 aliphatic carbocycles. The first-order chi connectivity index (χ1) is 14.1. The zero-order valence-corrected chi connectivity index (χ0v) is 17.6. The third kappa shape index (κ3) is 5.06. The van der Waals surface area contributed by atoms with Crippen LogP contribution in [0, 0.1) is 6.92 Å². The Labute approximate surface area is 173 Å². The third-order valence-corrected chi connectivity index (χ3v) is 6.12. The fourth-order valence-corrected chi connectivity index (χ4v) is 4.48. The average molecular weight is 397 g/mol. The molecule has 156 valence electrons. The molecule has 3 heterocycles. The number of benzene rings is 1. The van der Waals surface area contributed by atoms with E-state index in [9.17, 15) is 4.79 Å². The quantitative estimate of drug-likeness (QED) is 0.780. The zero-order valence-electron chi connectivity index (χ0n) is 17.6. The van der Waals surface area contributed by atoms with Crippen molar-refractivity contribution in [2.24, 2.45) is 7.05 Å². The maximum atomic E-state index is 12.7. The van der Waals surface area contributed by atoms with Crippen LogP contribution in [0.3, 0.4) is 0 Å². The van der Waals surface area contributed by atoms with E-state index < -0.39 is 0 Å². The molecule has 1 aromatic heterocycles. The van der Waals surface area contributed by atoms with E-state index in [0.717, 1.165) is 64.1 Å². The Balaban J connectivity index is 1.19. The maximum absolute atomic E-state index is 12.7. The number of rotatable bonds is 5. The van der Waals surface area contributed by atoms with Crippen LogP contribution in [0.25, 0.3) is 0 Å². The summed E-state index contributed by atoms with van der Waals surface area (Å²) in [7, 11) is 1.83. The van der Waals surface area contributed by atoms with Crippen LogP contribution in [0.5, 0.6) is 0 Å². The van der Waals surface area contributed by atoms with Gasteiger partial charge in [0.25, 0.3) is 5.91 Å². The van der Waals surface area contributed by atoms with Crippen LogP contribution in [0.4, 0.5) is 0 Å². The fraction of sp³-hybridized carbons (Fsp3) is 0.565. The largest absolute Gasteiger partial charge is 0.375 e. The van der Waals surface area contributed by atoms with Gasteiger partial charge in [0.15, 0.2) is 0 Å². The molecular weight excluding hydrogens is 364 g/mol. The highest BCUT2D eigenvalue weighted by atomic mass is 16.5. The lowest BCUT2D eigenvalue weighted by Crippen LogP contribution is -2.44. The van der Waals surface area contributed by atoms with Crippen molar-refractivity contribution in [3.8, 4) is 0 Å². The van der Waals surface area contributed by atoms with Gasteiger partial charge in [0.1, 0.15) is 5.69 Å². The highest BCUT2D eigenvalue weighted by molar-refractivity contribution is 5.92. The van der Waals surface area contributed by atoms with E-state index in [1.165, 1.54) is 5.56 Å². The Morgan fingerprint density at radius 2 is 1.66 bits per heavy atom. The van der Waals surface area contributed by atoms with Gasteiger partial charge in [0, 0.05) is 39.8 Å². The second-order valence-corrected chi connectivity index (χ2v) is 8.38. The molecule has 0 N–H and O–H groups in total. The Bertz CT molecular complexity index is 804. The van der Waals surface area contributed by atoms with E-state index in [-0.39, 0.29) is 12.0 Å². The number of amides is 1. The summed E-state index contributed by atoms with van der Waals surface area (Å²) >= 11 is 0. The molecule has 0 bridgehead atoms. The summed E-state index contributed by atoms with van der Waals surface area (Å²) in [5.74, 6) is 0.0840. The van der Waals surface area contributed by atoms with Gasteiger partial charge in [-0.2, -0.15) is 5.10 Å². The van der Waals surface area contributed by atoms with Gasteiger partial charge >= 0.3 is 0 Å². The molecule has 0 radical (unpaired) electrons. The van der Waals surface area contributed by atoms with Crippen LogP contribution in [0.15, 0.2) is 36.4 Å². The fourth-order valence-electron chi connectivity index (χ4n) is 4.48. The monoisotopic (exact) mass is 396 g/mol. The van der Waals surface area contributed by atoms with Crippen molar-refractivity contribution < 1.29 is 9.53 Å². The number of hydrogen-bond donors (Lipinski definition) is 0. The van der Waals surface area contributed by atoms with E-state index in [4.69, 9.17) is 4.74 Å². The molecule has 0 spiro atoms. The number of aryl methyl sites for hydroxylation is 2. The third-order valence-electron chi connectivity index (χ3n) is 6.12. The molecule has 2 saturated heterocycles. The summed E-state index contributed by atoms with van der Waals surface area (Å²) < 4.78 is 8.09. The van der Waals surface area contributed by atoms with Crippen LogP contribution >= 0.6 is 0 Å². The predicted octanol–water partition coefficient (Wildman–Crippen LogP) is 3.01. The molecule has 2 aliphatic heterocycles. The van der Waals surface area contributed by atoms with Gasteiger partial charge in [0.2, 0.25) is 0 Å². The first-order valence-electron chi connectivity index (χ1n) is 10.8. The number of carbonyl (C=O) groups excluding carboxylic acids is 1. The summed E-state index contributed by atoms with van der Waals surface area (Å²) in [6, 6.07) is 12.6. The number of carbonyl (C=O) groups is 1. The van der Waals surface area contributed by atoms with Crippen LogP contribution in [0.2, 0.25) is 0 Å². The summed E-state index contributed by atoms with van der Waals surface area (Å²) in [5, 5.41) is 4.29. The Hall–Kier alpha value is -2.18. The van der Waals surface area contributed by atoms with Gasteiger partial charge in [-0.1, -0.05) is 30.3 Å². The minimum Gasteiger partial charge on any atom is -0.375 e. The normalized spacial score (nSPS) is 19.6. The summed E-state index contributed by atoms with van der Waals surface area (Å²) in [6.07, 6.45) is 4.67. The molecule has 6 heteroatoms. The SMILES string of the molecule is Cc1cc(C(=O)N2CCC(OC3CCN(Cc4ccccc4)CC3)CC2)n(C)n1. The number of hydrogen-bond acceptors (Lipinski definition) is 4. The highest BCUT2D eigenvalue weighted by Gasteiger charge is 2.28. The molecule has 1 amide bonds. The van der Waals surface area contributed by atoms with Gasteiger partial charge < -0.3 is 9.64 Å². The van der Waals surface area contributed by atoms with Crippen LogP contribution < -0.4 is 0 Å². The molecular formula is C23H32N4O2. The van der Waals surface area contributed by atoms with Gasteiger partial charge in [-0.15, -0.1) is 0 Å². The standard InChI is InChI=1S/C23H32N4O2/c1-18-16-22(25(2)24-18)23(28)27-14-10-21(11-15-27)29-20-8-12-26(13-9-20)17-19-6-4-3-5-7-19/h3-7,16,20-21H,8-15,17H2,1-2H3. The van der Waals surface area contributed by atoms with Crippen molar-refractivity contribution in [1.82, 2.24) is 19.6 Å². The van der Waals surface area contributed by atoms with E-state index in [0.29, 0.717) is 11.8 Å². The second kappa shape index (κ2) is 9.09. The highest BCUT2D eigenvalue weighted by Crippen LogP contribution is 2.23. The van der Waals surface area contributed by atoms with Crippen molar-refractivity contribution in [2.45, 2.75) is 51.4 Å². The second-order valence-electron chi connectivity index (χ2n) is 8.38. The molecule has 0 atom stereocenters. The number of aromatic nitrogens is 2. The van der Waals surface area contributed by atoms with Crippen molar-refractivity contribution in [1.29, 1.82) is 0 Å². The Morgan fingerprint density at radius 3 is 2.24 bits per heavy atom. The van der Waals surface area contributed by atoms with Gasteiger partial charge in [-0.3, -0.25) is 14.4 Å². The van der Waals surface area contributed by atoms with Crippen molar-refractivity contribution >= 4 is 5.91 Å². The number of ether oxygens (including phenoxy) is 1. The molecule has 2 aliphatic rings. The molecule has 2 fully saturated rings. The lowest BCUT2D eigenvalue weighted by Gasteiger charge is -2.37. The lowest BCUT2D eigenvalue weighted by atomic mass is 10.0. The average Bonchev–Trinajstić information content (AvgIpc) is 3.08. The molecule has 4 rings (SSSR count). The molecule has 0 saturated carbocycles. The summed E-state index contributed by atoms with van der Waals surface area (Å²) in [5.41, 5.74) is 2.94. The van der Waals surface area contributed by atoms with Crippen molar-refractivity contribution in [3.05, 3.63) is 53.3 Å². The minimum atomic E-state index is 0.0840. The van der Waals surface area contributed by atoms with E-state index >= 15 is 0 Å². The summed E-state index contributed by atoms with van der Waals surface area (Å²) in [6.45, 7) is 6.66.